The SMILES string of the molecule is CCOC(=O)c1cn2c(CC(C)(C)C)cccc2n1. The Bertz CT molecular complexity index is 594. The molecule has 19 heavy (non-hydrogen) atoms. The third kappa shape index (κ3) is 3.13. The van der Waals surface area contributed by atoms with Crippen LogP contribution in [0.1, 0.15) is 43.9 Å². The van der Waals surface area contributed by atoms with Crippen LogP contribution in [0.3, 0.4) is 0 Å². The molecule has 0 fully saturated rings. The van der Waals surface area contributed by atoms with Gasteiger partial charge in [-0.15, -0.1) is 0 Å². The van der Waals surface area contributed by atoms with Crippen molar-refractivity contribution in [3.8, 4) is 0 Å². The summed E-state index contributed by atoms with van der Waals surface area (Å²) in [5.74, 6) is -0.368. The summed E-state index contributed by atoms with van der Waals surface area (Å²) in [7, 11) is 0. The summed E-state index contributed by atoms with van der Waals surface area (Å²) in [5.41, 5.74) is 2.48. The van der Waals surface area contributed by atoms with Gasteiger partial charge in [-0.1, -0.05) is 26.8 Å². The fourth-order valence-electron chi connectivity index (χ4n) is 2.06. The number of fused-ring (bicyclic) bond motifs is 1. The molecule has 0 radical (unpaired) electrons. The second kappa shape index (κ2) is 5.03. The number of rotatable bonds is 3. The molecule has 0 bridgehead atoms. The van der Waals surface area contributed by atoms with E-state index in [4.69, 9.17) is 4.74 Å². The van der Waals surface area contributed by atoms with E-state index in [0.717, 1.165) is 17.8 Å². The number of imidazole rings is 1. The maximum absolute atomic E-state index is 11.7. The Morgan fingerprint density at radius 2 is 2.11 bits per heavy atom. The molecular weight excluding hydrogens is 240 g/mol. The van der Waals surface area contributed by atoms with Gasteiger partial charge in [0.05, 0.1) is 6.61 Å². The van der Waals surface area contributed by atoms with Crippen LogP contribution >= 0.6 is 0 Å². The first-order chi connectivity index (χ1) is 8.90. The summed E-state index contributed by atoms with van der Waals surface area (Å²) in [5, 5.41) is 0. The summed E-state index contributed by atoms with van der Waals surface area (Å²) in [6.45, 7) is 8.72. The molecule has 0 aromatic carbocycles. The average molecular weight is 260 g/mol. The molecule has 2 rings (SSSR count). The van der Waals surface area contributed by atoms with Crippen molar-refractivity contribution in [3.05, 3.63) is 35.8 Å². The number of esters is 1. The maximum atomic E-state index is 11.7. The van der Waals surface area contributed by atoms with E-state index in [1.165, 1.54) is 0 Å². The fraction of sp³-hybridized carbons (Fsp3) is 0.467. The van der Waals surface area contributed by atoms with Crippen LogP contribution in [0.15, 0.2) is 24.4 Å². The van der Waals surface area contributed by atoms with Crippen LogP contribution in [0.2, 0.25) is 0 Å². The number of carbonyl (C=O) groups is 1. The maximum Gasteiger partial charge on any atom is 0.358 e. The molecule has 0 amide bonds. The van der Waals surface area contributed by atoms with Crippen LogP contribution in [0.25, 0.3) is 5.65 Å². The Morgan fingerprint density at radius 1 is 1.37 bits per heavy atom. The number of aromatic nitrogens is 2. The molecule has 0 saturated carbocycles. The Labute approximate surface area is 113 Å². The summed E-state index contributed by atoms with van der Waals surface area (Å²) >= 11 is 0. The van der Waals surface area contributed by atoms with Gasteiger partial charge in [-0.3, -0.25) is 0 Å². The van der Waals surface area contributed by atoms with Gasteiger partial charge >= 0.3 is 5.97 Å². The zero-order chi connectivity index (χ0) is 14.0. The Hall–Kier alpha value is -1.84. The van der Waals surface area contributed by atoms with Gasteiger partial charge in [0, 0.05) is 11.9 Å². The lowest BCUT2D eigenvalue weighted by Gasteiger charge is -2.18. The van der Waals surface area contributed by atoms with Crippen molar-refractivity contribution in [2.24, 2.45) is 5.41 Å². The van der Waals surface area contributed by atoms with Gasteiger partial charge in [-0.25, -0.2) is 9.78 Å². The van der Waals surface area contributed by atoms with Crippen LogP contribution in [0.5, 0.6) is 0 Å². The van der Waals surface area contributed by atoms with Crippen molar-refractivity contribution in [1.29, 1.82) is 0 Å². The lowest BCUT2D eigenvalue weighted by molar-refractivity contribution is 0.0520. The van der Waals surface area contributed by atoms with Gasteiger partial charge in [-0.05, 0) is 30.9 Å². The van der Waals surface area contributed by atoms with E-state index < -0.39 is 0 Å². The monoisotopic (exact) mass is 260 g/mol. The molecule has 2 heterocycles. The molecule has 0 aliphatic carbocycles. The number of carbonyl (C=O) groups excluding carboxylic acids is 1. The van der Waals surface area contributed by atoms with E-state index in [1.54, 1.807) is 13.1 Å². The van der Waals surface area contributed by atoms with Crippen LogP contribution < -0.4 is 0 Å². The molecule has 2 aromatic heterocycles. The molecule has 4 heteroatoms. The zero-order valence-electron chi connectivity index (χ0n) is 11.9. The predicted octanol–water partition coefficient (Wildman–Crippen LogP) is 3.10. The van der Waals surface area contributed by atoms with Gasteiger partial charge in [-0.2, -0.15) is 0 Å². The Kier molecular flexibility index (Phi) is 3.60. The minimum Gasteiger partial charge on any atom is -0.461 e. The number of pyridine rings is 1. The first kappa shape index (κ1) is 13.6. The standard InChI is InChI=1S/C15H20N2O2/c1-5-19-14(18)12-10-17-11(9-15(2,3)4)7-6-8-13(17)16-12/h6-8,10H,5,9H2,1-4H3. The van der Waals surface area contributed by atoms with Crippen LogP contribution in [0, 0.1) is 5.41 Å². The highest BCUT2D eigenvalue weighted by Gasteiger charge is 2.16. The van der Waals surface area contributed by atoms with E-state index >= 15 is 0 Å². The minimum absolute atomic E-state index is 0.183. The van der Waals surface area contributed by atoms with Gasteiger partial charge < -0.3 is 9.14 Å². The molecule has 0 unspecified atom stereocenters. The van der Waals surface area contributed by atoms with Crippen molar-refractivity contribution >= 4 is 11.6 Å². The third-order valence-electron chi connectivity index (χ3n) is 2.77. The summed E-state index contributed by atoms with van der Waals surface area (Å²) in [4.78, 5) is 16.0. The van der Waals surface area contributed by atoms with E-state index in [9.17, 15) is 4.79 Å². The molecule has 4 nitrogen and oxygen atoms in total. The molecule has 0 aliphatic rings. The van der Waals surface area contributed by atoms with Crippen molar-refractivity contribution in [2.75, 3.05) is 6.61 Å². The number of nitrogens with zero attached hydrogens (tertiary/aromatic N) is 2. The first-order valence-electron chi connectivity index (χ1n) is 6.55. The number of hydrogen-bond donors (Lipinski definition) is 0. The first-order valence-corrected chi connectivity index (χ1v) is 6.55. The van der Waals surface area contributed by atoms with Crippen LogP contribution in [0.4, 0.5) is 0 Å². The highest BCUT2D eigenvalue weighted by Crippen LogP contribution is 2.21. The summed E-state index contributed by atoms with van der Waals surface area (Å²) in [6, 6.07) is 5.93. The molecule has 0 spiro atoms. The van der Waals surface area contributed by atoms with Crippen LogP contribution in [-0.2, 0) is 11.2 Å². The zero-order valence-corrected chi connectivity index (χ0v) is 11.9. The van der Waals surface area contributed by atoms with Crippen molar-refractivity contribution < 1.29 is 9.53 Å². The van der Waals surface area contributed by atoms with Crippen molar-refractivity contribution in [3.63, 3.8) is 0 Å². The molecule has 0 aliphatic heterocycles. The molecule has 2 aromatic rings. The molecule has 102 valence electrons. The van der Waals surface area contributed by atoms with Crippen molar-refractivity contribution in [1.82, 2.24) is 9.38 Å². The molecular formula is C15H20N2O2. The number of ether oxygens (including phenoxy) is 1. The lowest BCUT2D eigenvalue weighted by Crippen LogP contribution is -2.12. The van der Waals surface area contributed by atoms with Gasteiger partial charge in [0.2, 0.25) is 0 Å². The third-order valence-corrected chi connectivity index (χ3v) is 2.77. The fourth-order valence-corrected chi connectivity index (χ4v) is 2.06. The lowest BCUT2D eigenvalue weighted by atomic mass is 9.90. The van der Waals surface area contributed by atoms with Gasteiger partial charge in [0.25, 0.3) is 0 Å². The highest BCUT2D eigenvalue weighted by atomic mass is 16.5. The summed E-state index contributed by atoms with van der Waals surface area (Å²) < 4.78 is 6.95. The van der Waals surface area contributed by atoms with Crippen molar-refractivity contribution in [2.45, 2.75) is 34.1 Å². The molecule has 0 atom stereocenters. The van der Waals surface area contributed by atoms with Crippen LogP contribution in [-0.4, -0.2) is 22.0 Å². The topological polar surface area (TPSA) is 43.6 Å². The summed E-state index contributed by atoms with van der Waals surface area (Å²) in [6.07, 6.45) is 2.68. The quantitative estimate of drug-likeness (QED) is 0.796. The minimum atomic E-state index is -0.368. The van der Waals surface area contributed by atoms with E-state index in [-0.39, 0.29) is 11.4 Å². The Morgan fingerprint density at radius 3 is 2.74 bits per heavy atom. The second-order valence-corrected chi connectivity index (χ2v) is 5.83. The van der Waals surface area contributed by atoms with E-state index in [2.05, 4.69) is 31.8 Å². The molecule has 0 N–H and O–H groups in total. The number of hydrogen-bond acceptors (Lipinski definition) is 3. The van der Waals surface area contributed by atoms with E-state index in [1.807, 2.05) is 16.5 Å². The Balaban J connectivity index is 2.42. The normalized spacial score (nSPS) is 11.8. The molecule has 0 saturated heterocycles. The van der Waals surface area contributed by atoms with Gasteiger partial charge in [0.1, 0.15) is 5.65 Å². The second-order valence-electron chi connectivity index (χ2n) is 5.83. The van der Waals surface area contributed by atoms with Gasteiger partial charge in [0.15, 0.2) is 5.69 Å². The smallest absolute Gasteiger partial charge is 0.358 e. The highest BCUT2D eigenvalue weighted by molar-refractivity contribution is 5.88. The largest absolute Gasteiger partial charge is 0.461 e. The average Bonchev–Trinajstić information content (AvgIpc) is 2.72. The predicted molar refractivity (Wildman–Crippen MR) is 74.3 cm³/mol. The van der Waals surface area contributed by atoms with E-state index in [0.29, 0.717) is 12.3 Å².